The van der Waals surface area contributed by atoms with Gasteiger partial charge in [-0.3, -0.25) is 9.79 Å². The van der Waals surface area contributed by atoms with E-state index in [1.54, 1.807) is 29.7 Å². The summed E-state index contributed by atoms with van der Waals surface area (Å²) in [4.78, 5) is 20.0. The monoisotopic (exact) mass is 362 g/mol. The summed E-state index contributed by atoms with van der Waals surface area (Å²) in [6, 6.07) is 4.22. The minimum atomic E-state index is 0.202. The second-order valence-electron chi connectivity index (χ2n) is 5.67. The van der Waals surface area contributed by atoms with Crippen LogP contribution in [0.4, 0.5) is 0 Å². The average molecular weight is 363 g/mol. The Bertz CT molecular complexity index is 693. The molecule has 0 fully saturated rings. The highest BCUT2D eigenvalue weighted by Crippen LogP contribution is 2.24. The van der Waals surface area contributed by atoms with Crippen molar-refractivity contribution in [3.63, 3.8) is 0 Å². The summed E-state index contributed by atoms with van der Waals surface area (Å²) in [5.41, 5.74) is 2.54. The third-order valence-electron chi connectivity index (χ3n) is 4.06. The van der Waals surface area contributed by atoms with Crippen molar-refractivity contribution in [2.24, 2.45) is 4.99 Å². The maximum absolute atomic E-state index is 12.4. The van der Waals surface area contributed by atoms with Crippen molar-refractivity contribution in [2.45, 2.75) is 25.9 Å². The molecule has 0 spiro atoms. The Morgan fingerprint density at radius 2 is 2.25 bits per heavy atom. The quantitative estimate of drug-likeness (QED) is 0.634. The molecule has 3 rings (SSSR count). The average Bonchev–Trinajstić information content (AvgIpc) is 3.28. The predicted octanol–water partition coefficient (Wildman–Crippen LogP) is 2.45. The zero-order valence-corrected chi connectivity index (χ0v) is 15.4. The first kappa shape index (κ1) is 17.0. The molecule has 128 valence electrons. The van der Waals surface area contributed by atoms with Gasteiger partial charge in [0.25, 0.3) is 0 Å². The van der Waals surface area contributed by atoms with Gasteiger partial charge in [-0.15, -0.1) is 11.3 Å². The van der Waals surface area contributed by atoms with E-state index in [2.05, 4.69) is 43.9 Å². The second-order valence-corrected chi connectivity index (χ2v) is 7.45. The molecule has 1 aliphatic heterocycles. The lowest BCUT2D eigenvalue weighted by atomic mass is 10.1. The van der Waals surface area contributed by atoms with Crippen LogP contribution in [0.25, 0.3) is 0 Å². The molecule has 0 saturated carbocycles. The summed E-state index contributed by atoms with van der Waals surface area (Å²) in [6.07, 6.45) is 1.47. The van der Waals surface area contributed by atoms with Gasteiger partial charge in [0, 0.05) is 44.5 Å². The van der Waals surface area contributed by atoms with Crippen molar-refractivity contribution >= 4 is 34.5 Å². The first-order chi connectivity index (χ1) is 11.8. The predicted molar refractivity (Wildman–Crippen MR) is 101 cm³/mol. The molecule has 0 atom stereocenters. The summed E-state index contributed by atoms with van der Waals surface area (Å²) >= 11 is 3.48. The molecule has 0 bridgehead atoms. The van der Waals surface area contributed by atoms with Gasteiger partial charge in [-0.25, -0.2) is 0 Å². The zero-order valence-electron chi connectivity index (χ0n) is 13.7. The molecule has 0 saturated heterocycles. The van der Waals surface area contributed by atoms with Crippen molar-refractivity contribution in [3.05, 3.63) is 44.3 Å². The van der Waals surface area contributed by atoms with Gasteiger partial charge in [0.05, 0.1) is 0 Å². The number of aliphatic imine (C=N–C) groups is 1. The van der Waals surface area contributed by atoms with Gasteiger partial charge in [0.1, 0.15) is 0 Å². The van der Waals surface area contributed by atoms with Gasteiger partial charge >= 0.3 is 0 Å². The summed E-state index contributed by atoms with van der Waals surface area (Å²) < 4.78 is 0. The summed E-state index contributed by atoms with van der Waals surface area (Å²) in [7, 11) is 1.74. The number of guanidine groups is 1. The van der Waals surface area contributed by atoms with Crippen LogP contribution in [0.2, 0.25) is 0 Å². The van der Waals surface area contributed by atoms with Crippen molar-refractivity contribution < 1.29 is 4.79 Å². The molecular weight excluding hydrogens is 340 g/mol. The number of carbonyl (C=O) groups is 1. The Morgan fingerprint density at radius 3 is 3.04 bits per heavy atom. The van der Waals surface area contributed by atoms with Crippen LogP contribution in [0.1, 0.15) is 22.4 Å². The number of carbonyl (C=O) groups excluding carboxylic acids is 1. The fourth-order valence-corrected chi connectivity index (χ4v) is 4.27. The number of nitrogens with zero attached hydrogens (tertiary/aromatic N) is 2. The molecule has 1 aliphatic rings. The molecule has 0 aliphatic carbocycles. The number of fused-ring (bicyclic) bond motifs is 1. The Labute approximate surface area is 150 Å². The summed E-state index contributed by atoms with van der Waals surface area (Å²) in [5.74, 6) is 0.931. The molecule has 2 aromatic heterocycles. The van der Waals surface area contributed by atoms with Gasteiger partial charge < -0.3 is 15.5 Å². The van der Waals surface area contributed by atoms with E-state index >= 15 is 0 Å². The van der Waals surface area contributed by atoms with Crippen LogP contribution in [-0.4, -0.2) is 36.9 Å². The highest BCUT2D eigenvalue weighted by atomic mass is 32.1. The zero-order chi connectivity index (χ0) is 16.8. The highest BCUT2D eigenvalue weighted by molar-refractivity contribution is 7.10. The first-order valence-corrected chi connectivity index (χ1v) is 9.87. The van der Waals surface area contributed by atoms with E-state index < -0.39 is 0 Å². The van der Waals surface area contributed by atoms with Gasteiger partial charge in [-0.05, 0) is 45.8 Å². The number of hydrogen-bond donors (Lipinski definition) is 2. The lowest BCUT2D eigenvalue weighted by Gasteiger charge is -2.27. The molecule has 24 heavy (non-hydrogen) atoms. The van der Waals surface area contributed by atoms with E-state index in [1.165, 1.54) is 16.0 Å². The van der Waals surface area contributed by atoms with E-state index in [1.807, 2.05) is 4.90 Å². The Morgan fingerprint density at radius 1 is 1.33 bits per heavy atom. The second kappa shape index (κ2) is 8.30. The van der Waals surface area contributed by atoms with Gasteiger partial charge in [-0.2, -0.15) is 11.3 Å². The molecule has 1 amide bonds. The fraction of sp³-hybridized carbons (Fsp3) is 0.412. The molecule has 2 N–H and O–H groups in total. The third kappa shape index (κ3) is 4.36. The molecule has 2 aromatic rings. The van der Waals surface area contributed by atoms with E-state index in [9.17, 15) is 4.79 Å². The number of thiophene rings is 2. The van der Waals surface area contributed by atoms with Crippen LogP contribution in [-0.2, 0) is 24.3 Å². The SMILES string of the molecule is CN=C(NCCC(=O)N1CCc2sccc2C1)NCc1ccsc1. The lowest BCUT2D eigenvalue weighted by Crippen LogP contribution is -2.40. The number of rotatable bonds is 5. The van der Waals surface area contributed by atoms with Crippen LogP contribution in [0.3, 0.4) is 0 Å². The largest absolute Gasteiger partial charge is 0.356 e. The van der Waals surface area contributed by atoms with Crippen LogP contribution in [0.5, 0.6) is 0 Å². The number of hydrogen-bond acceptors (Lipinski definition) is 4. The van der Waals surface area contributed by atoms with Crippen molar-refractivity contribution in [1.82, 2.24) is 15.5 Å². The molecule has 0 unspecified atom stereocenters. The standard InChI is InChI=1S/C17H22N4OS2/c1-18-17(20-10-13-4-8-23-12-13)19-6-2-16(22)21-7-3-15-14(11-21)5-9-24-15/h4-5,8-9,12H,2-3,6-7,10-11H2,1H3,(H2,18,19,20). The van der Waals surface area contributed by atoms with E-state index in [0.29, 0.717) is 13.0 Å². The van der Waals surface area contributed by atoms with Crippen LogP contribution in [0.15, 0.2) is 33.3 Å². The van der Waals surface area contributed by atoms with E-state index in [0.717, 1.165) is 32.0 Å². The summed E-state index contributed by atoms with van der Waals surface area (Å²) in [5, 5.41) is 12.8. The van der Waals surface area contributed by atoms with Gasteiger partial charge in [0.15, 0.2) is 5.96 Å². The van der Waals surface area contributed by atoms with Crippen LogP contribution < -0.4 is 10.6 Å². The third-order valence-corrected chi connectivity index (χ3v) is 5.81. The Balaban J connectivity index is 1.40. The first-order valence-electron chi connectivity index (χ1n) is 8.05. The van der Waals surface area contributed by atoms with E-state index in [4.69, 9.17) is 0 Å². The fourth-order valence-electron chi connectivity index (χ4n) is 2.71. The normalized spacial score (nSPS) is 14.4. The minimum Gasteiger partial charge on any atom is -0.356 e. The lowest BCUT2D eigenvalue weighted by molar-refractivity contribution is -0.131. The summed E-state index contributed by atoms with van der Waals surface area (Å²) in [6.45, 7) is 2.92. The van der Waals surface area contributed by atoms with Crippen molar-refractivity contribution in [1.29, 1.82) is 0 Å². The maximum atomic E-state index is 12.4. The molecule has 0 aromatic carbocycles. The van der Waals surface area contributed by atoms with Gasteiger partial charge in [-0.1, -0.05) is 0 Å². The molecule has 0 radical (unpaired) electrons. The molecule has 3 heterocycles. The van der Waals surface area contributed by atoms with Crippen molar-refractivity contribution in [3.8, 4) is 0 Å². The topological polar surface area (TPSA) is 56.7 Å². The van der Waals surface area contributed by atoms with E-state index in [-0.39, 0.29) is 5.91 Å². The molecule has 7 heteroatoms. The van der Waals surface area contributed by atoms with Crippen molar-refractivity contribution in [2.75, 3.05) is 20.1 Å². The minimum absolute atomic E-state index is 0.202. The molecular formula is C17H22N4OS2. The Kier molecular flexibility index (Phi) is 5.87. The van der Waals surface area contributed by atoms with Gasteiger partial charge in [0.2, 0.25) is 5.91 Å². The highest BCUT2D eigenvalue weighted by Gasteiger charge is 2.20. The number of nitrogens with one attached hydrogen (secondary N) is 2. The Hall–Kier alpha value is -1.86. The van der Waals surface area contributed by atoms with Crippen LogP contribution in [0, 0.1) is 0 Å². The number of amides is 1. The maximum Gasteiger partial charge on any atom is 0.224 e. The smallest absolute Gasteiger partial charge is 0.224 e. The molecule has 5 nitrogen and oxygen atoms in total. The van der Waals surface area contributed by atoms with Crippen LogP contribution >= 0.6 is 22.7 Å².